The van der Waals surface area contributed by atoms with Crippen LogP contribution in [0.3, 0.4) is 0 Å². The SMILES string of the molecule is CCC1CN(C(=O)OCCCCOC2CCCCCc3c2nnn3CCCC[C@H](NC(=O)CCOCCOCCNC(C)=O)C(N)=O)CC(C)O1. The van der Waals surface area contributed by atoms with Crippen LogP contribution in [0.15, 0.2) is 0 Å². The predicted molar refractivity (Wildman–Crippen MR) is 188 cm³/mol. The fourth-order valence-corrected chi connectivity index (χ4v) is 6.18. The maximum atomic E-state index is 12.5. The Hall–Kier alpha value is -3.34. The number of nitrogens with one attached hydrogen (secondary N) is 2. The smallest absolute Gasteiger partial charge is 0.409 e. The molecule has 1 aromatic heterocycles. The van der Waals surface area contributed by atoms with Crippen LogP contribution in [0.4, 0.5) is 4.79 Å². The molecule has 4 atom stereocenters. The van der Waals surface area contributed by atoms with Gasteiger partial charge in [0.15, 0.2) is 0 Å². The van der Waals surface area contributed by atoms with Crippen molar-refractivity contribution in [1.29, 1.82) is 0 Å². The summed E-state index contributed by atoms with van der Waals surface area (Å²) in [6.07, 6.45) is 8.94. The van der Waals surface area contributed by atoms with Crippen molar-refractivity contribution in [1.82, 2.24) is 30.5 Å². The van der Waals surface area contributed by atoms with Crippen molar-refractivity contribution in [2.24, 2.45) is 5.73 Å². The van der Waals surface area contributed by atoms with Crippen LogP contribution in [-0.4, -0.2) is 121 Å². The number of aryl methyl sites for hydroxylation is 1. The summed E-state index contributed by atoms with van der Waals surface area (Å²) in [5.74, 6) is -0.985. The van der Waals surface area contributed by atoms with E-state index in [1.165, 1.54) is 6.92 Å². The van der Waals surface area contributed by atoms with Crippen molar-refractivity contribution in [3.05, 3.63) is 11.4 Å². The van der Waals surface area contributed by atoms with Gasteiger partial charge in [-0.1, -0.05) is 25.0 Å². The van der Waals surface area contributed by atoms with Crippen molar-refractivity contribution in [3.8, 4) is 0 Å². The predicted octanol–water partition coefficient (Wildman–Crippen LogP) is 2.57. The van der Waals surface area contributed by atoms with Crippen LogP contribution in [0.1, 0.15) is 109 Å². The van der Waals surface area contributed by atoms with Crippen LogP contribution in [0.2, 0.25) is 0 Å². The van der Waals surface area contributed by atoms with E-state index in [4.69, 9.17) is 29.4 Å². The highest BCUT2D eigenvalue weighted by molar-refractivity contribution is 5.86. The number of aromatic nitrogens is 3. The normalized spacial score (nSPS) is 19.7. The van der Waals surface area contributed by atoms with Crippen LogP contribution >= 0.6 is 0 Å². The Bertz CT molecular complexity index is 1200. The summed E-state index contributed by atoms with van der Waals surface area (Å²) in [7, 11) is 0. The Morgan fingerprint density at radius 3 is 2.53 bits per heavy atom. The van der Waals surface area contributed by atoms with Gasteiger partial charge in [-0.25, -0.2) is 9.48 Å². The molecular formula is C35H61N7O9. The van der Waals surface area contributed by atoms with Gasteiger partial charge in [0.1, 0.15) is 17.8 Å². The zero-order valence-corrected chi connectivity index (χ0v) is 30.9. The molecule has 3 unspecified atom stereocenters. The van der Waals surface area contributed by atoms with Gasteiger partial charge in [0.05, 0.1) is 64.0 Å². The minimum Gasteiger partial charge on any atom is -0.449 e. The van der Waals surface area contributed by atoms with Gasteiger partial charge in [-0.05, 0) is 64.7 Å². The monoisotopic (exact) mass is 723 g/mol. The Balaban J connectivity index is 1.33. The number of morpholine rings is 1. The quantitative estimate of drug-likeness (QED) is 0.140. The number of unbranched alkanes of at least 4 members (excludes halogenated alkanes) is 2. The van der Waals surface area contributed by atoms with E-state index < -0.39 is 11.9 Å². The molecule has 51 heavy (non-hydrogen) atoms. The van der Waals surface area contributed by atoms with Crippen molar-refractivity contribution >= 4 is 23.8 Å². The van der Waals surface area contributed by atoms with Crippen LogP contribution in [0, 0.1) is 0 Å². The first-order chi connectivity index (χ1) is 24.7. The topological polar surface area (TPSA) is 198 Å². The maximum absolute atomic E-state index is 12.5. The van der Waals surface area contributed by atoms with Crippen LogP contribution < -0.4 is 16.4 Å². The molecule has 4 N–H and O–H groups in total. The molecule has 0 saturated carbocycles. The van der Waals surface area contributed by atoms with E-state index in [1.807, 2.05) is 11.6 Å². The third-order valence-electron chi connectivity index (χ3n) is 8.93. The molecule has 1 aliphatic heterocycles. The number of amides is 4. The van der Waals surface area contributed by atoms with Gasteiger partial charge in [0, 0.05) is 33.0 Å². The van der Waals surface area contributed by atoms with Crippen LogP contribution in [0.5, 0.6) is 0 Å². The van der Waals surface area contributed by atoms with Crippen molar-refractivity contribution in [2.75, 3.05) is 59.3 Å². The minimum absolute atomic E-state index is 0.00886. The fourth-order valence-electron chi connectivity index (χ4n) is 6.18. The number of fused-ring (bicyclic) bond motifs is 1. The highest BCUT2D eigenvalue weighted by Crippen LogP contribution is 2.29. The number of hydrogen-bond donors (Lipinski definition) is 3. The first kappa shape index (κ1) is 42.1. The molecule has 1 saturated heterocycles. The van der Waals surface area contributed by atoms with E-state index >= 15 is 0 Å². The van der Waals surface area contributed by atoms with Gasteiger partial charge in [0.2, 0.25) is 17.7 Å². The van der Waals surface area contributed by atoms with Gasteiger partial charge in [-0.3, -0.25) is 14.4 Å². The molecule has 1 aliphatic carbocycles. The number of rotatable bonds is 23. The molecule has 16 nitrogen and oxygen atoms in total. The van der Waals surface area contributed by atoms with E-state index in [1.54, 1.807) is 4.90 Å². The second-order valence-corrected chi connectivity index (χ2v) is 13.3. The molecule has 0 radical (unpaired) electrons. The summed E-state index contributed by atoms with van der Waals surface area (Å²) < 4.78 is 30.4. The Labute approximate surface area is 302 Å². The summed E-state index contributed by atoms with van der Waals surface area (Å²) in [5, 5.41) is 14.4. The number of hydrogen-bond acceptors (Lipinski definition) is 11. The van der Waals surface area contributed by atoms with E-state index in [0.29, 0.717) is 78.5 Å². The Kier molecular flexibility index (Phi) is 19.8. The summed E-state index contributed by atoms with van der Waals surface area (Å²) in [6.45, 7) is 9.81. The highest BCUT2D eigenvalue weighted by atomic mass is 16.6. The number of primary amides is 1. The number of ether oxygens (including phenoxy) is 5. The maximum Gasteiger partial charge on any atom is 0.409 e. The molecule has 2 heterocycles. The van der Waals surface area contributed by atoms with Crippen LogP contribution in [0.25, 0.3) is 0 Å². The Morgan fingerprint density at radius 2 is 1.76 bits per heavy atom. The first-order valence-electron chi connectivity index (χ1n) is 18.8. The molecule has 2 aliphatic rings. The standard InChI is InChI=1S/C35H61N7O9/c1-4-28-25-41(24-26(2)51-28)35(46)50-19-11-10-18-49-31-14-7-5-6-13-30-33(31)39-40-42(30)17-9-8-12-29(34(36)45)38-32(44)15-20-47-22-23-48-21-16-37-27(3)43/h26,28-29,31H,4-25H2,1-3H3,(H2,36,45)(H,37,43)(H,38,44)/t26?,28?,29-,31?/m0/s1. The third kappa shape index (κ3) is 16.3. The lowest BCUT2D eigenvalue weighted by Gasteiger charge is -2.35. The highest BCUT2D eigenvalue weighted by Gasteiger charge is 2.28. The average Bonchev–Trinajstić information content (AvgIpc) is 3.48. The van der Waals surface area contributed by atoms with Crippen LogP contribution in [-0.2, 0) is 51.0 Å². The summed E-state index contributed by atoms with van der Waals surface area (Å²) in [6, 6.07) is -0.760. The molecule has 0 aromatic carbocycles. The lowest BCUT2D eigenvalue weighted by Crippen LogP contribution is -2.49. The van der Waals surface area contributed by atoms with Crippen molar-refractivity contribution in [3.63, 3.8) is 0 Å². The molecule has 0 bridgehead atoms. The number of nitrogens with zero attached hydrogens (tertiary/aromatic N) is 4. The van der Waals surface area contributed by atoms with Gasteiger partial charge in [0.25, 0.3) is 0 Å². The molecule has 290 valence electrons. The molecule has 4 amide bonds. The third-order valence-corrected chi connectivity index (χ3v) is 8.93. The summed E-state index contributed by atoms with van der Waals surface area (Å²) in [5.41, 5.74) is 7.57. The van der Waals surface area contributed by atoms with Crippen molar-refractivity contribution in [2.45, 2.75) is 129 Å². The van der Waals surface area contributed by atoms with Gasteiger partial charge in [-0.15, -0.1) is 5.10 Å². The van der Waals surface area contributed by atoms with Gasteiger partial charge in [-0.2, -0.15) is 0 Å². The van der Waals surface area contributed by atoms with Crippen molar-refractivity contribution < 1.29 is 42.9 Å². The van der Waals surface area contributed by atoms with E-state index in [-0.39, 0.29) is 49.2 Å². The van der Waals surface area contributed by atoms with E-state index in [2.05, 4.69) is 27.9 Å². The Morgan fingerprint density at radius 1 is 0.980 bits per heavy atom. The second-order valence-electron chi connectivity index (χ2n) is 13.3. The molecule has 16 heteroatoms. The number of nitrogens with two attached hydrogens (primary N) is 1. The number of carbonyl (C=O) groups excluding carboxylic acids is 4. The lowest BCUT2D eigenvalue weighted by atomic mass is 9.98. The zero-order chi connectivity index (χ0) is 36.8. The van der Waals surface area contributed by atoms with E-state index in [9.17, 15) is 19.2 Å². The lowest BCUT2D eigenvalue weighted by molar-refractivity contribution is -0.128. The summed E-state index contributed by atoms with van der Waals surface area (Å²) >= 11 is 0. The second kappa shape index (κ2) is 24.0. The first-order valence-corrected chi connectivity index (χ1v) is 18.8. The average molecular weight is 724 g/mol. The number of carbonyl (C=O) groups is 4. The van der Waals surface area contributed by atoms with Gasteiger partial charge < -0.3 is 45.0 Å². The molecule has 1 aromatic rings. The van der Waals surface area contributed by atoms with E-state index in [0.717, 1.165) is 62.8 Å². The largest absolute Gasteiger partial charge is 0.449 e. The fraction of sp³-hybridized carbons (Fsp3) is 0.829. The minimum atomic E-state index is -0.760. The summed E-state index contributed by atoms with van der Waals surface area (Å²) in [4.78, 5) is 49.5. The molecule has 0 spiro atoms. The zero-order valence-electron chi connectivity index (χ0n) is 30.9. The molecular weight excluding hydrogens is 662 g/mol. The molecule has 1 fully saturated rings. The molecule has 3 rings (SSSR count). The van der Waals surface area contributed by atoms with Gasteiger partial charge >= 0.3 is 6.09 Å².